The smallest absolute Gasteiger partial charge is 0.217 e. The van der Waals surface area contributed by atoms with Gasteiger partial charge < -0.3 is 10.1 Å². The first-order valence-corrected chi connectivity index (χ1v) is 9.39. The van der Waals surface area contributed by atoms with Crippen LogP contribution in [0.1, 0.15) is 56.2 Å². The van der Waals surface area contributed by atoms with E-state index in [-0.39, 0.29) is 6.10 Å². The van der Waals surface area contributed by atoms with Crippen molar-refractivity contribution in [3.8, 4) is 5.88 Å². The number of hydrogen-bond acceptors (Lipinski definition) is 6. The van der Waals surface area contributed by atoms with Crippen molar-refractivity contribution in [2.24, 2.45) is 0 Å². The third kappa shape index (κ3) is 4.07. The van der Waals surface area contributed by atoms with Crippen molar-refractivity contribution >= 4 is 11.6 Å². The molecule has 0 aromatic carbocycles. The van der Waals surface area contributed by atoms with Gasteiger partial charge in [-0.2, -0.15) is 5.10 Å². The Labute approximate surface area is 158 Å². The SMILES string of the molecule is CC(C)c1cccnc1O[C@H]1CC[C@@H](c2cc(Nc3cnccn3)n[nH]2)C1. The van der Waals surface area contributed by atoms with Crippen LogP contribution in [0.4, 0.5) is 11.6 Å². The first-order chi connectivity index (χ1) is 13.2. The summed E-state index contributed by atoms with van der Waals surface area (Å²) in [5, 5.41) is 10.7. The number of anilines is 2. The number of nitrogens with zero attached hydrogens (tertiary/aromatic N) is 4. The lowest BCUT2D eigenvalue weighted by Gasteiger charge is -2.17. The van der Waals surface area contributed by atoms with Crippen LogP contribution in [-0.2, 0) is 0 Å². The number of hydrogen-bond donors (Lipinski definition) is 2. The summed E-state index contributed by atoms with van der Waals surface area (Å²) in [7, 11) is 0. The molecule has 1 aliphatic carbocycles. The Morgan fingerprint density at radius 1 is 1.15 bits per heavy atom. The molecule has 1 saturated carbocycles. The zero-order chi connectivity index (χ0) is 18.6. The second-order valence-corrected chi connectivity index (χ2v) is 7.23. The number of rotatable bonds is 6. The van der Waals surface area contributed by atoms with Crippen molar-refractivity contribution in [2.45, 2.75) is 51.0 Å². The molecule has 0 radical (unpaired) electrons. The van der Waals surface area contributed by atoms with Gasteiger partial charge in [-0.3, -0.25) is 10.1 Å². The van der Waals surface area contributed by atoms with Crippen molar-refractivity contribution in [1.82, 2.24) is 25.1 Å². The summed E-state index contributed by atoms with van der Waals surface area (Å²) in [6, 6.07) is 6.11. The Kier molecular flexibility index (Phi) is 5.00. The number of nitrogens with one attached hydrogen (secondary N) is 2. The molecule has 0 spiro atoms. The predicted molar refractivity (Wildman–Crippen MR) is 103 cm³/mol. The van der Waals surface area contributed by atoms with Crippen LogP contribution in [0, 0.1) is 0 Å². The maximum Gasteiger partial charge on any atom is 0.217 e. The summed E-state index contributed by atoms with van der Waals surface area (Å²) in [5.74, 6) is 3.01. The van der Waals surface area contributed by atoms with E-state index < -0.39 is 0 Å². The second kappa shape index (κ2) is 7.73. The van der Waals surface area contributed by atoms with Crippen LogP contribution in [0.25, 0.3) is 0 Å². The number of aromatic amines is 1. The zero-order valence-electron chi connectivity index (χ0n) is 15.6. The highest BCUT2D eigenvalue weighted by atomic mass is 16.5. The van der Waals surface area contributed by atoms with E-state index in [0.29, 0.717) is 17.7 Å². The van der Waals surface area contributed by atoms with Gasteiger partial charge in [-0.1, -0.05) is 19.9 Å². The second-order valence-electron chi connectivity index (χ2n) is 7.23. The van der Waals surface area contributed by atoms with E-state index in [1.165, 1.54) is 0 Å². The largest absolute Gasteiger partial charge is 0.474 e. The molecule has 3 aromatic rings. The minimum absolute atomic E-state index is 0.182. The maximum atomic E-state index is 6.24. The molecular formula is C20H24N6O. The van der Waals surface area contributed by atoms with Crippen LogP contribution in [0.5, 0.6) is 5.88 Å². The fraction of sp³-hybridized carbons (Fsp3) is 0.400. The average Bonchev–Trinajstić information content (AvgIpc) is 3.32. The summed E-state index contributed by atoms with van der Waals surface area (Å²) >= 11 is 0. The number of aromatic nitrogens is 5. The lowest BCUT2D eigenvalue weighted by Crippen LogP contribution is -2.14. The van der Waals surface area contributed by atoms with Gasteiger partial charge in [0, 0.05) is 41.8 Å². The van der Waals surface area contributed by atoms with Crippen molar-refractivity contribution in [3.63, 3.8) is 0 Å². The number of ether oxygens (including phenoxy) is 1. The normalized spacial score (nSPS) is 19.4. The molecule has 1 fully saturated rings. The molecule has 27 heavy (non-hydrogen) atoms. The van der Waals surface area contributed by atoms with Gasteiger partial charge in [0.15, 0.2) is 5.82 Å². The molecule has 140 valence electrons. The average molecular weight is 364 g/mol. The van der Waals surface area contributed by atoms with Crippen molar-refractivity contribution in [1.29, 1.82) is 0 Å². The van der Waals surface area contributed by atoms with E-state index in [9.17, 15) is 0 Å². The van der Waals surface area contributed by atoms with Gasteiger partial charge in [0.05, 0.1) is 6.20 Å². The third-order valence-corrected chi connectivity index (χ3v) is 4.94. The van der Waals surface area contributed by atoms with Crippen LogP contribution >= 0.6 is 0 Å². The minimum atomic E-state index is 0.182. The molecule has 3 aromatic heterocycles. The third-order valence-electron chi connectivity index (χ3n) is 4.94. The van der Waals surface area contributed by atoms with Crippen LogP contribution in [0.15, 0.2) is 43.0 Å². The Hall–Kier alpha value is -2.96. The fourth-order valence-corrected chi connectivity index (χ4v) is 3.53. The van der Waals surface area contributed by atoms with Gasteiger partial charge in [-0.05, 0) is 31.2 Å². The van der Waals surface area contributed by atoms with E-state index in [2.05, 4.69) is 50.4 Å². The predicted octanol–water partition coefficient (Wildman–Crippen LogP) is 4.18. The molecule has 7 heteroatoms. The maximum absolute atomic E-state index is 6.24. The highest BCUT2D eigenvalue weighted by Gasteiger charge is 2.29. The van der Waals surface area contributed by atoms with Gasteiger partial charge in [0.1, 0.15) is 11.9 Å². The van der Waals surface area contributed by atoms with Crippen molar-refractivity contribution in [3.05, 3.63) is 54.2 Å². The lowest BCUT2D eigenvalue weighted by molar-refractivity contribution is 0.196. The first-order valence-electron chi connectivity index (χ1n) is 9.39. The van der Waals surface area contributed by atoms with E-state index in [0.717, 1.165) is 42.2 Å². The van der Waals surface area contributed by atoms with Gasteiger partial charge in [0.2, 0.25) is 5.88 Å². The van der Waals surface area contributed by atoms with Gasteiger partial charge in [-0.15, -0.1) is 0 Å². The Bertz CT molecular complexity index is 879. The highest BCUT2D eigenvalue weighted by molar-refractivity contribution is 5.50. The van der Waals surface area contributed by atoms with Crippen LogP contribution in [0.2, 0.25) is 0 Å². The molecule has 1 aliphatic rings. The molecule has 0 amide bonds. The summed E-state index contributed by atoms with van der Waals surface area (Å²) in [6.45, 7) is 4.33. The first kappa shape index (κ1) is 17.5. The van der Waals surface area contributed by atoms with Gasteiger partial charge in [0.25, 0.3) is 0 Å². The Morgan fingerprint density at radius 3 is 2.89 bits per heavy atom. The Balaban J connectivity index is 1.39. The molecule has 2 atom stereocenters. The van der Waals surface area contributed by atoms with Crippen LogP contribution in [-0.4, -0.2) is 31.3 Å². The fourth-order valence-electron chi connectivity index (χ4n) is 3.53. The van der Waals surface area contributed by atoms with E-state index in [1.807, 2.05) is 12.1 Å². The topological polar surface area (TPSA) is 88.6 Å². The number of H-pyrrole nitrogens is 1. The molecule has 7 nitrogen and oxygen atoms in total. The summed E-state index contributed by atoms with van der Waals surface area (Å²) in [4.78, 5) is 12.7. The molecule has 0 bridgehead atoms. The van der Waals surface area contributed by atoms with Gasteiger partial charge >= 0.3 is 0 Å². The monoisotopic (exact) mass is 364 g/mol. The standard InChI is InChI=1S/C20H24N6O/c1-13(2)16-4-3-7-23-20(16)27-15-6-5-14(10-15)17-11-18(26-25-17)24-19-12-21-8-9-22-19/h3-4,7-9,11-15H,5-6,10H2,1-2H3,(H2,22,24,25,26)/t14-,15+/m1/s1. The summed E-state index contributed by atoms with van der Waals surface area (Å²) in [6.07, 6.45) is 10.00. The quantitative estimate of drug-likeness (QED) is 0.682. The minimum Gasteiger partial charge on any atom is -0.474 e. The summed E-state index contributed by atoms with van der Waals surface area (Å²) < 4.78 is 6.24. The molecule has 2 N–H and O–H groups in total. The van der Waals surface area contributed by atoms with E-state index in [1.54, 1.807) is 24.8 Å². The highest BCUT2D eigenvalue weighted by Crippen LogP contribution is 2.37. The van der Waals surface area contributed by atoms with Gasteiger partial charge in [-0.25, -0.2) is 9.97 Å². The van der Waals surface area contributed by atoms with E-state index >= 15 is 0 Å². The molecule has 0 unspecified atom stereocenters. The zero-order valence-corrected chi connectivity index (χ0v) is 15.6. The molecule has 3 heterocycles. The molecular weight excluding hydrogens is 340 g/mol. The van der Waals surface area contributed by atoms with Crippen LogP contribution < -0.4 is 10.1 Å². The molecule has 0 saturated heterocycles. The van der Waals surface area contributed by atoms with Crippen molar-refractivity contribution < 1.29 is 4.74 Å². The summed E-state index contributed by atoms with van der Waals surface area (Å²) in [5.41, 5.74) is 2.29. The van der Waals surface area contributed by atoms with Crippen molar-refractivity contribution in [2.75, 3.05) is 5.32 Å². The number of pyridine rings is 1. The van der Waals surface area contributed by atoms with Crippen LogP contribution in [0.3, 0.4) is 0 Å². The Morgan fingerprint density at radius 2 is 2.07 bits per heavy atom. The molecule has 4 rings (SSSR count). The van der Waals surface area contributed by atoms with E-state index in [4.69, 9.17) is 4.74 Å². The lowest BCUT2D eigenvalue weighted by atomic mass is 10.0. The molecule has 0 aliphatic heterocycles.